The maximum absolute atomic E-state index is 12.6. The average molecular weight is 428 g/mol. The molecule has 1 heterocycles. The summed E-state index contributed by atoms with van der Waals surface area (Å²) in [6.45, 7) is 5.87. The standard InChI is InChI=1S/C27H27N2O3/c1-17(2)32-23-10-8-19(9-11-23)20-5-4-6-21(14-20)25-27(3,26(28)31)15-22-13-18(16-30)7-12-24(22)29-25/h4-14,17,25,29H,15H2,1-3H3,(H2,28,31). The molecule has 3 N–H and O–H groups in total. The molecule has 2 atom stereocenters. The maximum atomic E-state index is 12.6. The van der Waals surface area contributed by atoms with Crippen molar-refractivity contribution in [1.82, 2.24) is 0 Å². The molecule has 1 aliphatic rings. The predicted molar refractivity (Wildman–Crippen MR) is 126 cm³/mol. The minimum atomic E-state index is -0.859. The van der Waals surface area contributed by atoms with Crippen LogP contribution in [0.5, 0.6) is 5.75 Å². The zero-order valence-corrected chi connectivity index (χ0v) is 18.5. The van der Waals surface area contributed by atoms with Gasteiger partial charge in [0.2, 0.25) is 12.2 Å². The van der Waals surface area contributed by atoms with Crippen molar-refractivity contribution >= 4 is 17.9 Å². The molecular weight excluding hydrogens is 400 g/mol. The molecule has 5 heteroatoms. The van der Waals surface area contributed by atoms with Crippen molar-refractivity contribution in [3.05, 3.63) is 83.4 Å². The first-order valence-corrected chi connectivity index (χ1v) is 10.7. The summed E-state index contributed by atoms with van der Waals surface area (Å²) in [6, 6.07) is 21.2. The van der Waals surface area contributed by atoms with Gasteiger partial charge >= 0.3 is 0 Å². The number of primary amides is 1. The van der Waals surface area contributed by atoms with E-state index in [4.69, 9.17) is 10.5 Å². The first kappa shape index (κ1) is 21.6. The Morgan fingerprint density at radius 2 is 1.84 bits per heavy atom. The fourth-order valence-electron chi connectivity index (χ4n) is 4.33. The van der Waals surface area contributed by atoms with Gasteiger partial charge in [-0.15, -0.1) is 0 Å². The lowest BCUT2D eigenvalue weighted by molar-refractivity contribution is -0.127. The van der Waals surface area contributed by atoms with Crippen LogP contribution in [0.2, 0.25) is 0 Å². The Morgan fingerprint density at radius 1 is 1.09 bits per heavy atom. The second-order valence-corrected chi connectivity index (χ2v) is 8.83. The summed E-state index contributed by atoms with van der Waals surface area (Å²) in [5.74, 6) is 0.445. The van der Waals surface area contributed by atoms with E-state index in [2.05, 4.69) is 11.4 Å². The Hall–Kier alpha value is -3.60. The lowest BCUT2D eigenvalue weighted by Gasteiger charge is -2.41. The van der Waals surface area contributed by atoms with E-state index >= 15 is 0 Å². The quantitative estimate of drug-likeness (QED) is 0.592. The van der Waals surface area contributed by atoms with E-state index in [0.717, 1.165) is 33.7 Å². The van der Waals surface area contributed by atoms with Crippen LogP contribution in [0.3, 0.4) is 0 Å². The zero-order valence-electron chi connectivity index (χ0n) is 18.5. The smallest absolute Gasteiger partial charge is 0.233 e. The molecular formula is C27H27N2O3. The molecule has 1 radical (unpaired) electrons. The summed E-state index contributed by atoms with van der Waals surface area (Å²) < 4.78 is 5.74. The summed E-state index contributed by atoms with van der Waals surface area (Å²) in [4.78, 5) is 23.7. The van der Waals surface area contributed by atoms with Crippen molar-refractivity contribution in [1.29, 1.82) is 0 Å². The maximum Gasteiger partial charge on any atom is 0.233 e. The summed E-state index contributed by atoms with van der Waals surface area (Å²) in [5.41, 5.74) is 10.4. The number of benzene rings is 3. The number of nitrogens with one attached hydrogen (secondary N) is 1. The van der Waals surface area contributed by atoms with Crippen molar-refractivity contribution < 1.29 is 14.3 Å². The van der Waals surface area contributed by atoms with Gasteiger partial charge in [0, 0.05) is 11.3 Å². The van der Waals surface area contributed by atoms with Gasteiger partial charge in [0.25, 0.3) is 0 Å². The van der Waals surface area contributed by atoms with Gasteiger partial charge in [-0.3, -0.25) is 9.59 Å². The largest absolute Gasteiger partial charge is 0.491 e. The SMILES string of the molecule is CC(C)Oc1ccc(-c2cccc(C3Nc4ccc([C]=O)cc4CC3(C)C(N)=O)c2)cc1. The number of ether oxygens (including phenoxy) is 1. The number of anilines is 1. The highest BCUT2D eigenvalue weighted by Crippen LogP contribution is 2.45. The van der Waals surface area contributed by atoms with Gasteiger partial charge in [0.05, 0.1) is 17.6 Å². The topological polar surface area (TPSA) is 81.4 Å². The number of nitrogens with two attached hydrogens (primary N) is 1. The minimum absolute atomic E-state index is 0.122. The van der Waals surface area contributed by atoms with Gasteiger partial charge in [-0.2, -0.15) is 0 Å². The monoisotopic (exact) mass is 427 g/mol. The van der Waals surface area contributed by atoms with E-state index in [1.54, 1.807) is 12.1 Å². The van der Waals surface area contributed by atoms with Crippen LogP contribution < -0.4 is 15.8 Å². The van der Waals surface area contributed by atoms with Crippen molar-refractivity contribution in [2.75, 3.05) is 5.32 Å². The van der Waals surface area contributed by atoms with Crippen molar-refractivity contribution in [2.45, 2.75) is 39.3 Å². The van der Waals surface area contributed by atoms with E-state index in [1.807, 2.05) is 75.6 Å². The first-order chi connectivity index (χ1) is 15.3. The van der Waals surface area contributed by atoms with Crippen LogP contribution in [0.25, 0.3) is 11.1 Å². The average Bonchev–Trinajstić information content (AvgIpc) is 2.78. The molecule has 163 valence electrons. The lowest BCUT2D eigenvalue weighted by atomic mass is 9.70. The molecule has 32 heavy (non-hydrogen) atoms. The number of hydrogen-bond donors (Lipinski definition) is 2. The number of amides is 1. The first-order valence-electron chi connectivity index (χ1n) is 10.7. The highest BCUT2D eigenvalue weighted by Gasteiger charge is 2.44. The molecule has 3 aromatic carbocycles. The molecule has 0 bridgehead atoms. The highest BCUT2D eigenvalue weighted by atomic mass is 16.5. The molecule has 3 aromatic rings. The molecule has 2 unspecified atom stereocenters. The van der Waals surface area contributed by atoms with Crippen LogP contribution in [0.1, 0.15) is 43.5 Å². The van der Waals surface area contributed by atoms with Crippen LogP contribution in [0.4, 0.5) is 5.69 Å². The van der Waals surface area contributed by atoms with Gasteiger partial charge in [-0.25, -0.2) is 0 Å². The van der Waals surface area contributed by atoms with Crippen molar-refractivity contribution in [3.63, 3.8) is 0 Å². The van der Waals surface area contributed by atoms with Crippen LogP contribution in [0, 0.1) is 5.41 Å². The molecule has 0 spiro atoms. The molecule has 1 amide bonds. The van der Waals surface area contributed by atoms with Gasteiger partial charge in [0.1, 0.15) is 5.75 Å². The third-order valence-electron chi connectivity index (χ3n) is 6.06. The number of carbonyl (C=O) groups excluding carboxylic acids is 2. The summed E-state index contributed by atoms with van der Waals surface area (Å²) in [6.07, 6.45) is 2.48. The molecule has 1 aliphatic heterocycles. The van der Waals surface area contributed by atoms with E-state index in [-0.39, 0.29) is 18.1 Å². The second kappa shape index (κ2) is 8.50. The van der Waals surface area contributed by atoms with E-state index in [1.165, 1.54) is 0 Å². The van der Waals surface area contributed by atoms with Crippen molar-refractivity contribution in [2.24, 2.45) is 11.1 Å². The van der Waals surface area contributed by atoms with Crippen molar-refractivity contribution in [3.8, 4) is 16.9 Å². The van der Waals surface area contributed by atoms with E-state index < -0.39 is 5.41 Å². The number of hydrogen-bond acceptors (Lipinski definition) is 4. The Kier molecular flexibility index (Phi) is 5.74. The van der Waals surface area contributed by atoms with Crippen LogP contribution >= 0.6 is 0 Å². The molecule has 5 nitrogen and oxygen atoms in total. The van der Waals surface area contributed by atoms with Gasteiger partial charge in [-0.1, -0.05) is 30.3 Å². The fourth-order valence-corrected chi connectivity index (χ4v) is 4.33. The van der Waals surface area contributed by atoms with Crippen LogP contribution in [-0.2, 0) is 16.0 Å². The van der Waals surface area contributed by atoms with Crippen LogP contribution in [0.15, 0.2) is 66.7 Å². The predicted octanol–water partition coefficient (Wildman–Crippen LogP) is 4.80. The summed E-state index contributed by atoms with van der Waals surface area (Å²) in [7, 11) is 0. The molecule has 0 aromatic heterocycles. The highest BCUT2D eigenvalue weighted by molar-refractivity contribution is 5.85. The zero-order chi connectivity index (χ0) is 22.9. The Labute approximate surface area is 188 Å². The Morgan fingerprint density at radius 3 is 2.50 bits per heavy atom. The van der Waals surface area contributed by atoms with Crippen LogP contribution in [-0.4, -0.2) is 18.3 Å². The third kappa shape index (κ3) is 4.11. The van der Waals surface area contributed by atoms with E-state index in [9.17, 15) is 9.59 Å². The van der Waals surface area contributed by atoms with E-state index in [0.29, 0.717) is 12.0 Å². The van der Waals surface area contributed by atoms with Gasteiger partial charge in [0.15, 0.2) is 0 Å². The molecule has 0 saturated heterocycles. The fraction of sp³-hybridized carbons (Fsp3) is 0.259. The second-order valence-electron chi connectivity index (χ2n) is 8.83. The molecule has 0 aliphatic carbocycles. The Bertz CT molecular complexity index is 1150. The third-order valence-corrected chi connectivity index (χ3v) is 6.06. The normalized spacial score (nSPS) is 19.7. The molecule has 0 saturated carbocycles. The minimum Gasteiger partial charge on any atom is -0.491 e. The van der Waals surface area contributed by atoms with Gasteiger partial charge in [-0.05, 0) is 85.8 Å². The molecule has 4 rings (SSSR count). The number of carbonyl (C=O) groups is 1. The Balaban J connectivity index is 1.70. The summed E-state index contributed by atoms with van der Waals surface area (Å²) >= 11 is 0. The summed E-state index contributed by atoms with van der Waals surface area (Å²) in [5, 5.41) is 3.50. The number of rotatable bonds is 6. The molecule has 0 fully saturated rings. The van der Waals surface area contributed by atoms with Gasteiger partial charge < -0.3 is 15.8 Å². The lowest BCUT2D eigenvalue weighted by Crippen LogP contribution is -2.46. The number of fused-ring (bicyclic) bond motifs is 1.